The van der Waals surface area contributed by atoms with Crippen molar-refractivity contribution in [1.82, 2.24) is 9.97 Å². The van der Waals surface area contributed by atoms with Crippen LogP contribution in [0.4, 0.5) is 23.7 Å². The maximum Gasteiger partial charge on any atom is 0.418 e. The number of rotatable bonds is 2. The van der Waals surface area contributed by atoms with Gasteiger partial charge in [0.15, 0.2) is 6.10 Å². The Hall–Kier alpha value is -1.94. The highest BCUT2D eigenvalue weighted by Crippen LogP contribution is 2.40. The number of thiazole rings is 1. The molecule has 0 aliphatic heterocycles. The first-order valence-corrected chi connectivity index (χ1v) is 6.02. The number of aryl methyl sites for hydroxylation is 1. The highest BCUT2D eigenvalue weighted by Gasteiger charge is 2.42. The molecule has 2 aromatic rings. The van der Waals surface area contributed by atoms with Crippen LogP contribution in [0, 0.1) is 6.92 Å². The van der Waals surface area contributed by atoms with Gasteiger partial charge in [-0.2, -0.15) is 13.2 Å². The molecular weight excluding hydrogens is 299 g/mol. The van der Waals surface area contributed by atoms with E-state index in [9.17, 15) is 23.1 Å². The number of pyridine rings is 1. The van der Waals surface area contributed by atoms with Gasteiger partial charge in [-0.3, -0.25) is 5.32 Å². The van der Waals surface area contributed by atoms with Crippen LogP contribution in [0.25, 0.3) is 10.3 Å². The predicted molar refractivity (Wildman–Crippen MR) is 64.8 cm³/mol. The van der Waals surface area contributed by atoms with Crippen LogP contribution in [0.15, 0.2) is 6.20 Å². The molecule has 2 rings (SSSR count). The van der Waals surface area contributed by atoms with Gasteiger partial charge in [0.2, 0.25) is 0 Å². The lowest BCUT2D eigenvalue weighted by molar-refractivity contribution is -0.206. The number of anilines is 1. The average Bonchev–Trinajstić information content (AvgIpc) is 2.66. The second-order valence-electron chi connectivity index (χ2n) is 3.85. The molecule has 0 aliphatic rings. The summed E-state index contributed by atoms with van der Waals surface area (Å²) in [5.41, 5.74) is -1.25. The van der Waals surface area contributed by atoms with Crippen molar-refractivity contribution < 1.29 is 28.2 Å². The number of nitrogens with one attached hydrogen (secondary N) is 1. The summed E-state index contributed by atoms with van der Waals surface area (Å²) in [7, 11) is 0. The Kier molecular flexibility index (Phi) is 3.52. The molecule has 0 aromatic carbocycles. The third kappa shape index (κ3) is 2.65. The van der Waals surface area contributed by atoms with Crippen molar-refractivity contribution in [3.05, 3.63) is 16.8 Å². The zero-order valence-electron chi connectivity index (χ0n) is 9.89. The van der Waals surface area contributed by atoms with E-state index in [2.05, 4.69) is 9.97 Å². The van der Waals surface area contributed by atoms with Crippen molar-refractivity contribution in [1.29, 1.82) is 0 Å². The van der Waals surface area contributed by atoms with Gasteiger partial charge in [0, 0.05) is 5.56 Å². The van der Waals surface area contributed by atoms with Gasteiger partial charge in [-0.15, -0.1) is 0 Å². The number of halogens is 3. The third-order valence-corrected chi connectivity index (χ3v) is 3.28. The number of aliphatic hydroxyl groups excluding tert-OH is 1. The van der Waals surface area contributed by atoms with Gasteiger partial charge < -0.3 is 10.2 Å². The van der Waals surface area contributed by atoms with E-state index in [-0.39, 0.29) is 10.3 Å². The van der Waals surface area contributed by atoms with Crippen LogP contribution in [0.1, 0.15) is 16.7 Å². The first-order chi connectivity index (χ1) is 9.20. The topological polar surface area (TPSA) is 95.3 Å². The number of hydrogen-bond donors (Lipinski definition) is 3. The van der Waals surface area contributed by atoms with Gasteiger partial charge in [-0.05, 0) is 6.92 Å². The van der Waals surface area contributed by atoms with Crippen LogP contribution in [0.5, 0.6) is 0 Å². The Morgan fingerprint density at radius 1 is 1.50 bits per heavy atom. The second kappa shape index (κ2) is 4.87. The predicted octanol–water partition coefficient (Wildman–Crippen LogP) is 2.69. The Morgan fingerprint density at radius 3 is 2.70 bits per heavy atom. The molecule has 0 aliphatic carbocycles. The molecule has 0 fully saturated rings. The summed E-state index contributed by atoms with van der Waals surface area (Å²) in [6, 6.07) is 0. The van der Waals surface area contributed by atoms with Crippen molar-refractivity contribution in [3.8, 4) is 0 Å². The molecule has 0 saturated heterocycles. The fraction of sp³-hybridized carbons (Fsp3) is 0.300. The lowest BCUT2D eigenvalue weighted by Gasteiger charge is -2.18. The van der Waals surface area contributed by atoms with Crippen LogP contribution >= 0.6 is 11.3 Å². The fourth-order valence-electron chi connectivity index (χ4n) is 1.65. The summed E-state index contributed by atoms with van der Waals surface area (Å²) < 4.78 is 38.2. The minimum atomic E-state index is -4.94. The van der Waals surface area contributed by atoms with Gasteiger partial charge in [0.05, 0.1) is 16.9 Å². The standard InChI is InChI=1S/C10H8F3N3O3S/c1-3-15-6-5(7(17)10(11,12)13)4(16-9(18)19)2-14-8(6)20-3/h2,7,16-17H,1H3,(H,18,19). The highest BCUT2D eigenvalue weighted by atomic mass is 32.1. The third-order valence-electron chi connectivity index (χ3n) is 2.40. The number of hydrogen-bond acceptors (Lipinski definition) is 5. The Morgan fingerprint density at radius 2 is 2.15 bits per heavy atom. The van der Waals surface area contributed by atoms with E-state index < -0.39 is 29.6 Å². The molecule has 108 valence electrons. The molecule has 2 heterocycles. The summed E-state index contributed by atoms with van der Waals surface area (Å²) >= 11 is 1.05. The minimum absolute atomic E-state index is 0.163. The van der Waals surface area contributed by atoms with Gasteiger partial charge >= 0.3 is 12.3 Å². The maximum absolute atomic E-state index is 12.7. The average molecular weight is 307 g/mol. The molecule has 0 saturated carbocycles. The summed E-state index contributed by atoms with van der Waals surface area (Å²) in [4.78, 5) is 18.5. The first-order valence-electron chi connectivity index (χ1n) is 5.21. The Labute approximate surface area is 113 Å². The Bertz CT molecular complexity index is 671. The molecule has 0 bridgehead atoms. The van der Waals surface area contributed by atoms with E-state index >= 15 is 0 Å². The largest absolute Gasteiger partial charge is 0.465 e. The monoisotopic (exact) mass is 307 g/mol. The minimum Gasteiger partial charge on any atom is -0.465 e. The lowest BCUT2D eigenvalue weighted by atomic mass is 10.1. The quantitative estimate of drug-likeness (QED) is 0.793. The van der Waals surface area contributed by atoms with Crippen molar-refractivity contribution in [2.75, 3.05) is 5.32 Å². The normalized spacial score (nSPS) is 13.4. The number of carbonyl (C=O) groups is 1. The van der Waals surface area contributed by atoms with E-state index in [4.69, 9.17) is 5.11 Å². The number of aliphatic hydroxyl groups is 1. The summed E-state index contributed by atoms with van der Waals surface area (Å²) in [5.74, 6) is 0. The highest BCUT2D eigenvalue weighted by molar-refractivity contribution is 7.18. The summed E-state index contributed by atoms with van der Waals surface area (Å²) in [5, 5.41) is 20.3. The number of alkyl halides is 3. The van der Waals surface area contributed by atoms with Crippen LogP contribution < -0.4 is 5.32 Å². The number of nitrogens with zero attached hydrogens (tertiary/aromatic N) is 2. The number of amides is 1. The molecule has 0 radical (unpaired) electrons. The first kappa shape index (κ1) is 14.5. The van der Waals surface area contributed by atoms with E-state index in [1.165, 1.54) is 0 Å². The summed E-state index contributed by atoms with van der Waals surface area (Å²) in [6.45, 7) is 1.57. The molecule has 3 N–H and O–H groups in total. The number of aromatic nitrogens is 2. The maximum atomic E-state index is 12.7. The van der Waals surface area contributed by atoms with Crippen LogP contribution in [0.3, 0.4) is 0 Å². The molecule has 10 heteroatoms. The zero-order valence-corrected chi connectivity index (χ0v) is 10.7. The van der Waals surface area contributed by atoms with Crippen molar-refractivity contribution in [2.24, 2.45) is 0 Å². The Balaban J connectivity index is 2.70. The fourth-order valence-corrected chi connectivity index (χ4v) is 2.43. The molecular formula is C10H8F3N3O3S. The lowest BCUT2D eigenvalue weighted by Crippen LogP contribution is -2.23. The molecule has 1 amide bonds. The number of carboxylic acid groups (broad SMARTS) is 1. The van der Waals surface area contributed by atoms with E-state index in [0.717, 1.165) is 17.5 Å². The van der Waals surface area contributed by atoms with E-state index in [1.54, 1.807) is 12.2 Å². The van der Waals surface area contributed by atoms with Crippen molar-refractivity contribution >= 4 is 33.5 Å². The van der Waals surface area contributed by atoms with Crippen LogP contribution in [-0.4, -0.2) is 32.5 Å². The van der Waals surface area contributed by atoms with Gasteiger partial charge in [-0.25, -0.2) is 14.8 Å². The molecule has 20 heavy (non-hydrogen) atoms. The molecule has 6 nitrogen and oxygen atoms in total. The van der Waals surface area contributed by atoms with Crippen LogP contribution in [0.2, 0.25) is 0 Å². The van der Waals surface area contributed by atoms with Gasteiger partial charge in [-0.1, -0.05) is 11.3 Å². The second-order valence-corrected chi connectivity index (χ2v) is 5.03. The van der Waals surface area contributed by atoms with Crippen LogP contribution in [-0.2, 0) is 0 Å². The van der Waals surface area contributed by atoms with Gasteiger partial charge in [0.1, 0.15) is 10.3 Å². The molecule has 1 atom stereocenters. The van der Waals surface area contributed by atoms with E-state index in [1.807, 2.05) is 0 Å². The van der Waals surface area contributed by atoms with E-state index in [0.29, 0.717) is 5.01 Å². The molecule has 0 spiro atoms. The molecule has 1 unspecified atom stereocenters. The van der Waals surface area contributed by atoms with Crippen molar-refractivity contribution in [3.63, 3.8) is 0 Å². The summed E-state index contributed by atoms with van der Waals surface area (Å²) in [6.07, 6.45) is -8.43. The van der Waals surface area contributed by atoms with Crippen molar-refractivity contribution in [2.45, 2.75) is 19.2 Å². The number of fused-ring (bicyclic) bond motifs is 1. The smallest absolute Gasteiger partial charge is 0.418 e. The van der Waals surface area contributed by atoms with Gasteiger partial charge in [0.25, 0.3) is 0 Å². The zero-order chi connectivity index (χ0) is 15.1. The SMILES string of the molecule is Cc1nc2c(C(O)C(F)(F)F)c(NC(=O)O)cnc2s1. The molecule has 2 aromatic heterocycles.